The van der Waals surface area contributed by atoms with Gasteiger partial charge in [-0.2, -0.15) is 0 Å². The average Bonchev–Trinajstić information content (AvgIpc) is 2.27. The van der Waals surface area contributed by atoms with Crippen LogP contribution in [-0.2, 0) is 0 Å². The van der Waals surface area contributed by atoms with Crippen LogP contribution in [-0.4, -0.2) is 29.1 Å². The van der Waals surface area contributed by atoms with Crippen LogP contribution in [0.4, 0.5) is 0 Å². The SMILES string of the molecule is CC1CCCC(N2C3CCCC2CC(N)C3)C1. The van der Waals surface area contributed by atoms with Gasteiger partial charge in [-0.05, 0) is 44.4 Å². The maximum Gasteiger partial charge on any atom is 0.0116 e. The van der Waals surface area contributed by atoms with Gasteiger partial charge in [0.1, 0.15) is 0 Å². The Hall–Kier alpha value is -0.0800. The molecular formula is C15H28N2. The molecule has 1 saturated carbocycles. The van der Waals surface area contributed by atoms with E-state index >= 15 is 0 Å². The highest BCUT2D eigenvalue weighted by Crippen LogP contribution is 2.39. The lowest BCUT2D eigenvalue weighted by Crippen LogP contribution is -2.59. The van der Waals surface area contributed by atoms with Gasteiger partial charge in [0.05, 0.1) is 0 Å². The van der Waals surface area contributed by atoms with Crippen molar-refractivity contribution in [1.82, 2.24) is 4.90 Å². The fourth-order valence-corrected chi connectivity index (χ4v) is 4.73. The number of fused-ring (bicyclic) bond motifs is 2. The number of nitrogens with two attached hydrogens (primary N) is 1. The van der Waals surface area contributed by atoms with Crippen molar-refractivity contribution in [3.63, 3.8) is 0 Å². The molecule has 0 aromatic rings. The summed E-state index contributed by atoms with van der Waals surface area (Å²) in [6, 6.07) is 3.03. The number of piperidine rings is 2. The van der Waals surface area contributed by atoms with Crippen molar-refractivity contribution in [3.05, 3.63) is 0 Å². The molecule has 0 radical (unpaired) electrons. The van der Waals surface area contributed by atoms with E-state index in [0.717, 1.165) is 24.0 Å². The van der Waals surface area contributed by atoms with Gasteiger partial charge in [-0.1, -0.05) is 26.2 Å². The Morgan fingerprint density at radius 1 is 0.824 bits per heavy atom. The van der Waals surface area contributed by atoms with E-state index < -0.39 is 0 Å². The lowest BCUT2D eigenvalue weighted by Gasteiger charge is -2.53. The Balaban J connectivity index is 1.72. The molecule has 2 nitrogen and oxygen atoms in total. The van der Waals surface area contributed by atoms with Gasteiger partial charge in [-0.3, -0.25) is 4.90 Å². The minimum atomic E-state index is 0.488. The highest BCUT2D eigenvalue weighted by atomic mass is 15.2. The summed E-state index contributed by atoms with van der Waals surface area (Å²) in [6.45, 7) is 2.44. The number of hydrogen-bond acceptors (Lipinski definition) is 2. The van der Waals surface area contributed by atoms with Crippen LogP contribution in [0.3, 0.4) is 0 Å². The third-order valence-electron chi connectivity index (χ3n) is 5.40. The molecule has 2 heteroatoms. The first kappa shape index (κ1) is 12.0. The van der Waals surface area contributed by atoms with Crippen LogP contribution in [0.25, 0.3) is 0 Å². The number of hydrogen-bond donors (Lipinski definition) is 1. The summed E-state index contributed by atoms with van der Waals surface area (Å²) < 4.78 is 0. The van der Waals surface area contributed by atoms with E-state index in [-0.39, 0.29) is 0 Å². The molecule has 2 heterocycles. The fourth-order valence-electron chi connectivity index (χ4n) is 4.73. The standard InChI is InChI=1S/C15H28N2/c1-11-4-2-5-13(8-11)17-14-6-3-7-15(17)10-12(16)9-14/h11-15H,2-10,16H2,1H3. The molecule has 2 N–H and O–H groups in total. The summed E-state index contributed by atoms with van der Waals surface area (Å²) in [5, 5.41) is 0. The van der Waals surface area contributed by atoms with Crippen molar-refractivity contribution in [3.8, 4) is 0 Å². The molecule has 2 bridgehead atoms. The number of rotatable bonds is 1. The van der Waals surface area contributed by atoms with E-state index in [4.69, 9.17) is 5.73 Å². The van der Waals surface area contributed by atoms with Crippen molar-refractivity contribution in [2.45, 2.75) is 88.9 Å². The second-order valence-corrected chi connectivity index (χ2v) is 6.84. The molecule has 0 amide bonds. The van der Waals surface area contributed by atoms with Crippen LogP contribution in [0.5, 0.6) is 0 Å². The highest BCUT2D eigenvalue weighted by Gasteiger charge is 2.41. The van der Waals surface area contributed by atoms with Gasteiger partial charge in [0.25, 0.3) is 0 Å². The summed E-state index contributed by atoms with van der Waals surface area (Å²) in [5.74, 6) is 0.949. The molecule has 1 aliphatic carbocycles. The molecule has 0 aromatic carbocycles. The topological polar surface area (TPSA) is 29.3 Å². The van der Waals surface area contributed by atoms with Gasteiger partial charge in [0, 0.05) is 24.2 Å². The lowest BCUT2D eigenvalue weighted by molar-refractivity contribution is -0.0231. The predicted molar refractivity (Wildman–Crippen MR) is 71.9 cm³/mol. The largest absolute Gasteiger partial charge is 0.328 e. The van der Waals surface area contributed by atoms with Crippen LogP contribution < -0.4 is 5.73 Å². The summed E-state index contributed by atoms with van der Waals surface area (Å²) in [7, 11) is 0. The summed E-state index contributed by atoms with van der Waals surface area (Å²) in [4.78, 5) is 2.92. The zero-order valence-corrected chi connectivity index (χ0v) is 11.3. The molecule has 3 rings (SSSR count). The average molecular weight is 236 g/mol. The molecule has 0 aromatic heterocycles. The normalized spacial score (nSPS) is 48.0. The van der Waals surface area contributed by atoms with Crippen LogP contribution in [0.15, 0.2) is 0 Å². The van der Waals surface area contributed by atoms with E-state index in [1.54, 1.807) is 0 Å². The van der Waals surface area contributed by atoms with Crippen molar-refractivity contribution < 1.29 is 0 Å². The van der Waals surface area contributed by atoms with E-state index in [9.17, 15) is 0 Å². The molecule has 2 aliphatic heterocycles. The number of nitrogens with zero attached hydrogens (tertiary/aromatic N) is 1. The van der Waals surface area contributed by atoms with E-state index in [0.29, 0.717) is 6.04 Å². The third kappa shape index (κ3) is 2.39. The van der Waals surface area contributed by atoms with Crippen LogP contribution >= 0.6 is 0 Å². The van der Waals surface area contributed by atoms with E-state index in [1.807, 2.05) is 0 Å². The highest BCUT2D eigenvalue weighted by molar-refractivity contribution is 4.97. The van der Waals surface area contributed by atoms with Gasteiger partial charge in [0.15, 0.2) is 0 Å². The van der Waals surface area contributed by atoms with Crippen LogP contribution in [0.1, 0.15) is 64.7 Å². The van der Waals surface area contributed by atoms with E-state index in [2.05, 4.69) is 11.8 Å². The molecule has 0 spiro atoms. The first-order valence-electron chi connectivity index (χ1n) is 7.77. The third-order valence-corrected chi connectivity index (χ3v) is 5.40. The molecule has 98 valence electrons. The quantitative estimate of drug-likeness (QED) is 0.758. The second-order valence-electron chi connectivity index (χ2n) is 6.84. The van der Waals surface area contributed by atoms with Gasteiger partial charge in [-0.15, -0.1) is 0 Å². The Bertz CT molecular complexity index is 252. The maximum absolute atomic E-state index is 6.22. The van der Waals surface area contributed by atoms with Gasteiger partial charge in [0.2, 0.25) is 0 Å². The second kappa shape index (κ2) is 4.89. The Labute approximate surface area is 106 Å². The Kier molecular flexibility index (Phi) is 3.45. The van der Waals surface area contributed by atoms with Crippen molar-refractivity contribution >= 4 is 0 Å². The monoisotopic (exact) mass is 236 g/mol. The summed E-state index contributed by atoms with van der Waals surface area (Å²) >= 11 is 0. The zero-order chi connectivity index (χ0) is 11.8. The van der Waals surface area contributed by atoms with Crippen LogP contribution in [0.2, 0.25) is 0 Å². The van der Waals surface area contributed by atoms with Crippen LogP contribution in [0, 0.1) is 5.92 Å². The maximum atomic E-state index is 6.22. The fraction of sp³-hybridized carbons (Fsp3) is 1.00. The predicted octanol–water partition coefficient (Wildman–Crippen LogP) is 2.91. The molecular weight excluding hydrogens is 208 g/mol. The molecule has 4 unspecified atom stereocenters. The summed E-state index contributed by atoms with van der Waals surface area (Å²) in [6.07, 6.45) is 12.6. The molecule has 4 atom stereocenters. The van der Waals surface area contributed by atoms with Gasteiger partial charge in [-0.25, -0.2) is 0 Å². The van der Waals surface area contributed by atoms with Gasteiger partial charge < -0.3 is 5.73 Å². The minimum Gasteiger partial charge on any atom is -0.328 e. The lowest BCUT2D eigenvalue weighted by atomic mass is 9.77. The first-order valence-corrected chi connectivity index (χ1v) is 7.77. The van der Waals surface area contributed by atoms with Gasteiger partial charge >= 0.3 is 0 Å². The zero-order valence-electron chi connectivity index (χ0n) is 11.3. The first-order chi connectivity index (χ1) is 8.24. The molecule has 17 heavy (non-hydrogen) atoms. The smallest absolute Gasteiger partial charge is 0.0116 e. The summed E-state index contributed by atoms with van der Waals surface area (Å²) in [5.41, 5.74) is 6.22. The van der Waals surface area contributed by atoms with Crippen molar-refractivity contribution in [2.75, 3.05) is 0 Å². The molecule has 2 saturated heterocycles. The Morgan fingerprint density at radius 3 is 1.94 bits per heavy atom. The van der Waals surface area contributed by atoms with Crippen molar-refractivity contribution in [1.29, 1.82) is 0 Å². The molecule has 3 aliphatic rings. The van der Waals surface area contributed by atoms with Crippen molar-refractivity contribution in [2.24, 2.45) is 11.7 Å². The molecule has 3 fully saturated rings. The minimum absolute atomic E-state index is 0.488. The van der Waals surface area contributed by atoms with E-state index in [1.165, 1.54) is 57.8 Å². The Morgan fingerprint density at radius 2 is 1.35 bits per heavy atom.